The summed E-state index contributed by atoms with van der Waals surface area (Å²) in [6.07, 6.45) is 0. The van der Waals surface area contributed by atoms with Crippen molar-refractivity contribution in [2.45, 2.75) is 0 Å². The van der Waals surface area contributed by atoms with Crippen molar-refractivity contribution < 1.29 is 14.3 Å². The number of primary amides is 1. The van der Waals surface area contributed by atoms with Gasteiger partial charge in [-0.1, -0.05) is 0 Å². The second-order valence-corrected chi connectivity index (χ2v) is 1.92. The van der Waals surface area contributed by atoms with Crippen molar-refractivity contribution >= 4 is 5.91 Å². The Labute approximate surface area is 65.6 Å². The van der Waals surface area contributed by atoms with E-state index in [0.29, 0.717) is 26.4 Å². The zero-order chi connectivity index (χ0) is 8.53. The van der Waals surface area contributed by atoms with Gasteiger partial charge < -0.3 is 20.9 Å². The Balaban J connectivity index is 2.85. The molecule has 5 heteroatoms. The van der Waals surface area contributed by atoms with Gasteiger partial charge in [-0.25, -0.2) is 0 Å². The number of hydrogen-bond donors (Lipinski definition) is 2. The molecule has 4 N–H and O–H groups in total. The van der Waals surface area contributed by atoms with Crippen LogP contribution in [0.1, 0.15) is 0 Å². The summed E-state index contributed by atoms with van der Waals surface area (Å²) in [4.78, 5) is 10.1. The third kappa shape index (κ3) is 9.35. The predicted octanol–water partition coefficient (Wildman–Crippen LogP) is -1.54. The Bertz CT molecular complexity index is 108. The topological polar surface area (TPSA) is 87.6 Å². The molecule has 0 radical (unpaired) electrons. The molecule has 0 fully saturated rings. The average molecular weight is 162 g/mol. The van der Waals surface area contributed by atoms with Crippen LogP contribution in [0.25, 0.3) is 0 Å². The lowest BCUT2D eigenvalue weighted by Crippen LogP contribution is -2.20. The molecule has 0 aliphatic heterocycles. The molecule has 0 aliphatic rings. The molecule has 0 aromatic heterocycles. The quantitative estimate of drug-likeness (QED) is 0.444. The molecular weight excluding hydrogens is 148 g/mol. The van der Waals surface area contributed by atoms with Crippen LogP contribution in [-0.2, 0) is 14.3 Å². The van der Waals surface area contributed by atoms with Gasteiger partial charge in [0.2, 0.25) is 5.91 Å². The summed E-state index contributed by atoms with van der Waals surface area (Å²) in [5, 5.41) is 0. The minimum atomic E-state index is -0.469. The fourth-order valence-electron chi connectivity index (χ4n) is 0.476. The highest BCUT2D eigenvalue weighted by Crippen LogP contribution is 1.76. The molecule has 1 amide bonds. The SMILES string of the molecule is NCCOCCOCC(N)=O. The smallest absolute Gasteiger partial charge is 0.243 e. The molecule has 0 spiro atoms. The molecule has 0 bridgehead atoms. The van der Waals surface area contributed by atoms with Gasteiger partial charge in [-0.15, -0.1) is 0 Å². The van der Waals surface area contributed by atoms with Gasteiger partial charge in [0, 0.05) is 6.54 Å². The highest BCUT2D eigenvalue weighted by Gasteiger charge is 1.92. The normalized spacial score (nSPS) is 9.91. The van der Waals surface area contributed by atoms with Crippen molar-refractivity contribution in [2.75, 3.05) is 33.0 Å². The summed E-state index contributed by atoms with van der Waals surface area (Å²) < 4.78 is 9.76. The first-order valence-corrected chi connectivity index (χ1v) is 3.41. The van der Waals surface area contributed by atoms with E-state index in [2.05, 4.69) is 0 Å². The van der Waals surface area contributed by atoms with Crippen LogP contribution in [-0.4, -0.2) is 38.9 Å². The summed E-state index contributed by atoms with van der Waals surface area (Å²) in [5.74, 6) is -0.469. The van der Waals surface area contributed by atoms with Crippen LogP contribution in [0.3, 0.4) is 0 Å². The zero-order valence-electron chi connectivity index (χ0n) is 6.41. The van der Waals surface area contributed by atoms with E-state index in [1.54, 1.807) is 0 Å². The number of nitrogens with two attached hydrogens (primary N) is 2. The minimum absolute atomic E-state index is 0.0496. The van der Waals surface area contributed by atoms with Crippen molar-refractivity contribution in [3.05, 3.63) is 0 Å². The van der Waals surface area contributed by atoms with Crippen LogP contribution in [0, 0.1) is 0 Å². The molecule has 11 heavy (non-hydrogen) atoms. The minimum Gasteiger partial charge on any atom is -0.378 e. The molecule has 0 aromatic carbocycles. The first kappa shape index (κ1) is 10.3. The molecule has 0 heterocycles. The molecular formula is C6H14N2O3. The zero-order valence-corrected chi connectivity index (χ0v) is 6.41. The largest absolute Gasteiger partial charge is 0.378 e. The monoisotopic (exact) mass is 162 g/mol. The molecule has 5 nitrogen and oxygen atoms in total. The van der Waals surface area contributed by atoms with Crippen molar-refractivity contribution in [2.24, 2.45) is 11.5 Å². The van der Waals surface area contributed by atoms with Gasteiger partial charge in [0.1, 0.15) is 6.61 Å². The third-order valence-electron chi connectivity index (χ3n) is 0.879. The maximum atomic E-state index is 10.1. The summed E-state index contributed by atoms with van der Waals surface area (Å²) in [6.45, 7) is 1.79. The van der Waals surface area contributed by atoms with Crippen LogP contribution in [0.15, 0.2) is 0 Å². The van der Waals surface area contributed by atoms with Crippen molar-refractivity contribution in [3.63, 3.8) is 0 Å². The highest BCUT2D eigenvalue weighted by molar-refractivity contribution is 5.74. The third-order valence-corrected chi connectivity index (χ3v) is 0.879. The van der Waals surface area contributed by atoms with Gasteiger partial charge in [0.15, 0.2) is 0 Å². The van der Waals surface area contributed by atoms with Gasteiger partial charge in [-0.3, -0.25) is 4.79 Å². The second kappa shape index (κ2) is 7.46. The Hall–Kier alpha value is -0.650. The van der Waals surface area contributed by atoms with Crippen LogP contribution >= 0.6 is 0 Å². The van der Waals surface area contributed by atoms with E-state index in [9.17, 15) is 4.79 Å². The average Bonchev–Trinajstić information content (AvgIpc) is 1.96. The van der Waals surface area contributed by atoms with E-state index < -0.39 is 5.91 Å². The molecule has 0 atom stereocenters. The molecule has 0 saturated heterocycles. The number of carbonyl (C=O) groups is 1. The molecule has 0 aromatic rings. The van der Waals surface area contributed by atoms with Gasteiger partial charge in [0.25, 0.3) is 0 Å². The van der Waals surface area contributed by atoms with E-state index in [1.807, 2.05) is 0 Å². The summed E-state index contributed by atoms with van der Waals surface area (Å²) >= 11 is 0. The number of carbonyl (C=O) groups excluding carboxylic acids is 1. The van der Waals surface area contributed by atoms with Gasteiger partial charge in [-0.2, -0.15) is 0 Å². The number of amides is 1. The van der Waals surface area contributed by atoms with Gasteiger partial charge >= 0.3 is 0 Å². The fourth-order valence-corrected chi connectivity index (χ4v) is 0.476. The lowest BCUT2D eigenvalue weighted by molar-refractivity contribution is -0.123. The maximum Gasteiger partial charge on any atom is 0.243 e. The van der Waals surface area contributed by atoms with E-state index in [0.717, 1.165) is 0 Å². The van der Waals surface area contributed by atoms with Gasteiger partial charge in [-0.05, 0) is 0 Å². The molecule has 66 valence electrons. The summed E-state index contributed by atoms with van der Waals surface area (Å²) in [7, 11) is 0. The standard InChI is InChI=1S/C6H14N2O3/c7-1-2-10-3-4-11-5-6(8)9/h1-5,7H2,(H2,8,9). The predicted molar refractivity (Wildman–Crippen MR) is 39.9 cm³/mol. The van der Waals surface area contributed by atoms with Crippen molar-refractivity contribution in [1.29, 1.82) is 0 Å². The Morgan fingerprint density at radius 2 is 1.82 bits per heavy atom. The molecule has 0 saturated carbocycles. The Kier molecular flexibility index (Phi) is 7.02. The Morgan fingerprint density at radius 3 is 2.36 bits per heavy atom. The lowest BCUT2D eigenvalue weighted by atomic mass is 10.6. The lowest BCUT2D eigenvalue weighted by Gasteiger charge is -2.01. The van der Waals surface area contributed by atoms with Crippen LogP contribution in [0.2, 0.25) is 0 Å². The number of ether oxygens (including phenoxy) is 2. The molecule has 0 unspecified atom stereocenters. The Morgan fingerprint density at radius 1 is 1.18 bits per heavy atom. The van der Waals surface area contributed by atoms with E-state index in [4.69, 9.17) is 20.9 Å². The van der Waals surface area contributed by atoms with Crippen LogP contribution in [0.4, 0.5) is 0 Å². The second-order valence-electron chi connectivity index (χ2n) is 1.92. The van der Waals surface area contributed by atoms with Crippen LogP contribution in [0.5, 0.6) is 0 Å². The highest BCUT2D eigenvalue weighted by atomic mass is 16.5. The maximum absolute atomic E-state index is 10.1. The van der Waals surface area contributed by atoms with Crippen molar-refractivity contribution in [1.82, 2.24) is 0 Å². The van der Waals surface area contributed by atoms with E-state index >= 15 is 0 Å². The molecule has 0 rings (SSSR count). The van der Waals surface area contributed by atoms with Crippen molar-refractivity contribution in [3.8, 4) is 0 Å². The summed E-state index contributed by atoms with van der Waals surface area (Å²) in [5.41, 5.74) is 9.96. The van der Waals surface area contributed by atoms with E-state index in [1.165, 1.54) is 0 Å². The summed E-state index contributed by atoms with van der Waals surface area (Å²) in [6, 6.07) is 0. The van der Waals surface area contributed by atoms with Crippen LogP contribution < -0.4 is 11.5 Å². The molecule has 0 aliphatic carbocycles. The van der Waals surface area contributed by atoms with Gasteiger partial charge in [0.05, 0.1) is 19.8 Å². The fraction of sp³-hybridized carbons (Fsp3) is 0.833. The first-order valence-electron chi connectivity index (χ1n) is 3.41. The number of hydrogen-bond acceptors (Lipinski definition) is 4. The first-order chi connectivity index (χ1) is 5.27. The van der Waals surface area contributed by atoms with E-state index in [-0.39, 0.29) is 6.61 Å². The number of rotatable bonds is 7.